The lowest BCUT2D eigenvalue weighted by Crippen LogP contribution is -2.29. The van der Waals surface area contributed by atoms with Crippen molar-refractivity contribution in [3.8, 4) is 0 Å². The molecule has 7 nitrogen and oxygen atoms in total. The maximum atomic E-state index is 12.7. The molecule has 1 heterocycles. The summed E-state index contributed by atoms with van der Waals surface area (Å²) in [5.41, 5.74) is 2.30. The first-order valence-corrected chi connectivity index (χ1v) is 11.1. The summed E-state index contributed by atoms with van der Waals surface area (Å²) in [6.45, 7) is 8.07. The van der Waals surface area contributed by atoms with Crippen molar-refractivity contribution in [3.63, 3.8) is 0 Å². The summed E-state index contributed by atoms with van der Waals surface area (Å²) in [5, 5.41) is 2.96. The number of aromatic nitrogens is 2. The van der Waals surface area contributed by atoms with E-state index in [9.17, 15) is 13.2 Å². The lowest BCUT2D eigenvalue weighted by molar-refractivity contribution is 0.0937. The van der Waals surface area contributed by atoms with Crippen LogP contribution in [0.5, 0.6) is 0 Å². The maximum absolute atomic E-state index is 12.7. The number of amides is 1. The fraction of sp³-hybridized carbons (Fsp3) is 0.333. The Kier molecular flexibility index (Phi) is 6.04. The minimum Gasteiger partial charge on any atom is -0.342 e. The largest absolute Gasteiger partial charge is 0.342 e. The highest BCUT2D eigenvalue weighted by molar-refractivity contribution is 7.89. The predicted octanol–water partition coefficient (Wildman–Crippen LogP) is 3.41. The number of carbonyl (C=O) groups is 1. The number of imidazole rings is 1. The van der Waals surface area contributed by atoms with Gasteiger partial charge in [0, 0.05) is 18.2 Å². The van der Waals surface area contributed by atoms with Gasteiger partial charge in [0.2, 0.25) is 10.0 Å². The van der Waals surface area contributed by atoms with Gasteiger partial charge in [0.1, 0.15) is 5.82 Å². The number of fused-ring (bicyclic) bond motifs is 1. The molecule has 0 aliphatic rings. The normalized spacial score (nSPS) is 13.0. The van der Waals surface area contributed by atoms with Crippen LogP contribution >= 0.6 is 0 Å². The second-order valence-corrected chi connectivity index (χ2v) is 8.91. The molecule has 1 atom stereocenters. The summed E-state index contributed by atoms with van der Waals surface area (Å²) in [6, 6.07) is 13.6. The standard InChI is InChI=1S/C21H26N4O3S/c1-5-22-29(27,28)17-12-10-16(11-13-17)21(26)23-15(4)20-24-18-8-6-7-9-19(18)25(20)14(2)3/h6-15,22H,5H2,1-4H3,(H,23,26). The average Bonchev–Trinajstić information content (AvgIpc) is 3.08. The zero-order chi connectivity index (χ0) is 21.2. The van der Waals surface area contributed by atoms with Crippen molar-refractivity contribution in [1.82, 2.24) is 19.6 Å². The van der Waals surface area contributed by atoms with Crippen molar-refractivity contribution < 1.29 is 13.2 Å². The summed E-state index contributed by atoms with van der Waals surface area (Å²) in [6.07, 6.45) is 0. The van der Waals surface area contributed by atoms with E-state index in [-0.39, 0.29) is 22.9 Å². The minimum absolute atomic E-state index is 0.130. The second kappa shape index (κ2) is 8.34. The van der Waals surface area contributed by atoms with Gasteiger partial charge in [-0.15, -0.1) is 0 Å². The highest BCUT2D eigenvalue weighted by atomic mass is 32.2. The molecule has 0 bridgehead atoms. The number of nitrogens with one attached hydrogen (secondary N) is 2. The van der Waals surface area contributed by atoms with Crippen molar-refractivity contribution in [3.05, 3.63) is 59.9 Å². The third-order valence-electron chi connectivity index (χ3n) is 4.64. The lowest BCUT2D eigenvalue weighted by Gasteiger charge is -2.19. The number of nitrogens with zero attached hydrogens (tertiary/aromatic N) is 2. The van der Waals surface area contributed by atoms with Crippen LogP contribution in [0.2, 0.25) is 0 Å². The molecule has 0 saturated heterocycles. The number of hydrogen-bond acceptors (Lipinski definition) is 4. The van der Waals surface area contributed by atoms with Gasteiger partial charge in [-0.05, 0) is 57.2 Å². The van der Waals surface area contributed by atoms with E-state index >= 15 is 0 Å². The molecule has 3 aromatic rings. The van der Waals surface area contributed by atoms with Gasteiger partial charge in [-0.3, -0.25) is 4.79 Å². The molecule has 0 fully saturated rings. The Hall–Kier alpha value is -2.71. The molecular weight excluding hydrogens is 388 g/mol. The van der Waals surface area contributed by atoms with Gasteiger partial charge in [0.05, 0.1) is 22.0 Å². The van der Waals surface area contributed by atoms with E-state index in [0.29, 0.717) is 12.1 Å². The number of sulfonamides is 1. The van der Waals surface area contributed by atoms with Gasteiger partial charge in [-0.1, -0.05) is 19.1 Å². The summed E-state index contributed by atoms with van der Waals surface area (Å²) in [7, 11) is -3.54. The summed E-state index contributed by atoms with van der Waals surface area (Å²) >= 11 is 0. The number of rotatable bonds is 7. The van der Waals surface area contributed by atoms with Crippen LogP contribution in [0, 0.1) is 0 Å². The monoisotopic (exact) mass is 414 g/mol. The third-order valence-corrected chi connectivity index (χ3v) is 6.20. The van der Waals surface area contributed by atoms with Crippen LogP contribution in [0.4, 0.5) is 0 Å². The molecule has 3 rings (SSSR count). The van der Waals surface area contributed by atoms with Gasteiger partial charge in [-0.25, -0.2) is 18.1 Å². The Morgan fingerprint density at radius 1 is 1.07 bits per heavy atom. The van der Waals surface area contributed by atoms with Crippen molar-refractivity contribution in [2.75, 3.05) is 6.54 Å². The van der Waals surface area contributed by atoms with Crippen molar-refractivity contribution in [2.45, 2.75) is 44.7 Å². The number of benzene rings is 2. The number of hydrogen-bond donors (Lipinski definition) is 2. The van der Waals surface area contributed by atoms with Gasteiger partial charge in [-0.2, -0.15) is 0 Å². The van der Waals surface area contributed by atoms with Crippen LogP contribution in [-0.2, 0) is 10.0 Å². The van der Waals surface area contributed by atoms with Crippen LogP contribution in [0.1, 0.15) is 56.0 Å². The van der Waals surface area contributed by atoms with E-state index in [1.807, 2.05) is 31.2 Å². The second-order valence-electron chi connectivity index (χ2n) is 7.14. The summed E-state index contributed by atoms with van der Waals surface area (Å²) in [5.74, 6) is 0.494. The Bertz CT molecular complexity index is 1120. The molecule has 2 aromatic carbocycles. The molecule has 0 saturated carbocycles. The topological polar surface area (TPSA) is 93.1 Å². The fourth-order valence-electron chi connectivity index (χ4n) is 3.31. The van der Waals surface area contributed by atoms with E-state index in [1.54, 1.807) is 6.92 Å². The molecule has 2 N–H and O–H groups in total. The van der Waals surface area contributed by atoms with Gasteiger partial charge < -0.3 is 9.88 Å². The predicted molar refractivity (Wildman–Crippen MR) is 113 cm³/mol. The molecular formula is C21H26N4O3S. The fourth-order valence-corrected chi connectivity index (χ4v) is 4.36. The van der Waals surface area contributed by atoms with Crippen molar-refractivity contribution >= 4 is 27.0 Å². The van der Waals surface area contributed by atoms with Crippen LogP contribution in [-0.4, -0.2) is 30.4 Å². The van der Waals surface area contributed by atoms with E-state index in [2.05, 4.69) is 28.5 Å². The zero-order valence-electron chi connectivity index (χ0n) is 17.0. The molecule has 0 radical (unpaired) electrons. The Morgan fingerprint density at radius 3 is 2.34 bits per heavy atom. The van der Waals surface area contributed by atoms with Crippen molar-refractivity contribution in [2.24, 2.45) is 0 Å². The third kappa shape index (κ3) is 4.33. The zero-order valence-corrected chi connectivity index (χ0v) is 17.8. The number of carbonyl (C=O) groups excluding carboxylic acids is 1. The summed E-state index contributed by atoms with van der Waals surface area (Å²) in [4.78, 5) is 17.5. The Balaban J connectivity index is 1.83. The van der Waals surface area contributed by atoms with Gasteiger partial charge in [0.15, 0.2) is 0 Å². The molecule has 0 aliphatic carbocycles. The first-order chi connectivity index (χ1) is 13.7. The summed E-state index contributed by atoms with van der Waals surface area (Å²) < 4.78 is 28.6. The van der Waals surface area contributed by atoms with Crippen LogP contribution in [0.15, 0.2) is 53.4 Å². The highest BCUT2D eigenvalue weighted by Crippen LogP contribution is 2.25. The van der Waals surface area contributed by atoms with Crippen LogP contribution < -0.4 is 10.0 Å². The molecule has 154 valence electrons. The van der Waals surface area contributed by atoms with Crippen molar-refractivity contribution in [1.29, 1.82) is 0 Å². The first kappa shape index (κ1) is 21.0. The molecule has 1 amide bonds. The Labute approximate surface area is 171 Å². The molecule has 0 spiro atoms. The first-order valence-electron chi connectivity index (χ1n) is 9.62. The molecule has 0 aliphatic heterocycles. The SMILES string of the molecule is CCNS(=O)(=O)c1ccc(C(=O)NC(C)c2nc3ccccc3n2C(C)C)cc1. The molecule has 1 aromatic heterocycles. The van der Waals surface area contributed by atoms with Gasteiger partial charge in [0.25, 0.3) is 5.91 Å². The van der Waals surface area contributed by atoms with E-state index in [1.165, 1.54) is 24.3 Å². The van der Waals surface area contributed by atoms with Crippen LogP contribution in [0.25, 0.3) is 11.0 Å². The molecule has 1 unspecified atom stereocenters. The number of para-hydroxylation sites is 2. The smallest absolute Gasteiger partial charge is 0.251 e. The van der Waals surface area contributed by atoms with E-state index in [0.717, 1.165) is 16.9 Å². The highest BCUT2D eigenvalue weighted by Gasteiger charge is 2.21. The van der Waals surface area contributed by atoms with Crippen LogP contribution in [0.3, 0.4) is 0 Å². The van der Waals surface area contributed by atoms with E-state index < -0.39 is 10.0 Å². The minimum atomic E-state index is -3.54. The molecule has 8 heteroatoms. The quantitative estimate of drug-likeness (QED) is 0.620. The maximum Gasteiger partial charge on any atom is 0.251 e. The average molecular weight is 415 g/mol. The Morgan fingerprint density at radius 2 is 1.72 bits per heavy atom. The lowest BCUT2D eigenvalue weighted by atomic mass is 10.2. The van der Waals surface area contributed by atoms with E-state index in [4.69, 9.17) is 4.98 Å². The van der Waals surface area contributed by atoms with Gasteiger partial charge >= 0.3 is 0 Å². The molecule has 29 heavy (non-hydrogen) atoms.